The molecule has 2 rings (SSSR count). The third-order valence-electron chi connectivity index (χ3n) is 4.06. The Morgan fingerprint density at radius 3 is 2.41 bits per heavy atom. The van der Waals surface area contributed by atoms with Crippen LogP contribution in [0.15, 0.2) is 24.3 Å². The minimum Gasteiger partial charge on any atom is -0.454 e. The van der Waals surface area contributed by atoms with Crippen molar-refractivity contribution >= 4 is 18.0 Å². The van der Waals surface area contributed by atoms with E-state index >= 15 is 0 Å². The zero-order valence-electron chi connectivity index (χ0n) is 12.7. The van der Waals surface area contributed by atoms with Crippen LogP contribution >= 0.6 is 0 Å². The highest BCUT2D eigenvalue weighted by Crippen LogP contribution is 2.40. The van der Waals surface area contributed by atoms with E-state index in [9.17, 15) is 9.59 Å². The molecule has 1 aliphatic carbocycles. The molecule has 1 fully saturated rings. The van der Waals surface area contributed by atoms with Crippen LogP contribution in [0.2, 0.25) is 0 Å². The van der Waals surface area contributed by atoms with Crippen molar-refractivity contribution in [2.45, 2.75) is 51.0 Å². The maximum atomic E-state index is 11.5. The first-order valence-corrected chi connectivity index (χ1v) is 7.55. The molecule has 1 aromatic carbocycles. The van der Waals surface area contributed by atoms with Gasteiger partial charge in [0, 0.05) is 13.3 Å². The number of hydrogen-bond donors (Lipinski definition) is 0. The largest absolute Gasteiger partial charge is 0.454 e. The predicted octanol–water partition coefficient (Wildman–Crippen LogP) is 2.82. The molecule has 0 unspecified atom stereocenters. The third-order valence-corrected chi connectivity index (χ3v) is 4.06. The van der Waals surface area contributed by atoms with Crippen molar-refractivity contribution < 1.29 is 19.1 Å². The number of ether oxygens (including phenoxy) is 1. The average Bonchev–Trinajstić information content (AvgIpc) is 2.48. The number of rotatable bonds is 5. The summed E-state index contributed by atoms with van der Waals surface area (Å²) in [7, 11) is 0. The second-order valence-electron chi connectivity index (χ2n) is 5.73. The summed E-state index contributed by atoms with van der Waals surface area (Å²) in [6.07, 6.45) is 6.00. The molecule has 1 saturated carbocycles. The first-order chi connectivity index (χ1) is 10.6. The molecule has 5 nitrogen and oxygen atoms in total. The van der Waals surface area contributed by atoms with Crippen LogP contribution in [0.25, 0.3) is 5.53 Å². The van der Waals surface area contributed by atoms with Gasteiger partial charge in [0.15, 0.2) is 0 Å². The summed E-state index contributed by atoms with van der Waals surface area (Å²) in [6.45, 7) is 1.44. The number of benzene rings is 1. The summed E-state index contributed by atoms with van der Waals surface area (Å²) in [5.74, 6) is -0.525. The lowest BCUT2D eigenvalue weighted by Crippen LogP contribution is -2.34. The van der Waals surface area contributed by atoms with Crippen LogP contribution in [0.5, 0.6) is 0 Å². The van der Waals surface area contributed by atoms with Crippen LogP contribution in [-0.4, -0.2) is 22.8 Å². The Hall–Kier alpha value is -2.26. The lowest BCUT2D eigenvalue weighted by atomic mass is 9.79. The van der Waals surface area contributed by atoms with E-state index in [0.29, 0.717) is 0 Å². The standard InChI is InChI=1S/C17H20N2O3/c1-13(20)22-17(9-3-2-4-10-17)15-7-5-14(6-8-15)11-16(21)12-19-18/h5-8,12H,2-4,9-11H2,1H3. The monoisotopic (exact) mass is 300 g/mol. The molecule has 0 aliphatic heterocycles. The highest BCUT2D eigenvalue weighted by Gasteiger charge is 2.36. The topological polar surface area (TPSA) is 79.8 Å². The van der Waals surface area contributed by atoms with Gasteiger partial charge in [-0.15, -0.1) is 0 Å². The van der Waals surface area contributed by atoms with Gasteiger partial charge in [0.05, 0.1) is 0 Å². The number of ketones is 1. The van der Waals surface area contributed by atoms with Gasteiger partial charge in [0.25, 0.3) is 0 Å². The maximum Gasteiger partial charge on any atom is 0.323 e. The van der Waals surface area contributed by atoms with Crippen LogP contribution in [0.4, 0.5) is 0 Å². The van der Waals surface area contributed by atoms with Crippen LogP contribution in [-0.2, 0) is 26.3 Å². The van der Waals surface area contributed by atoms with Gasteiger partial charge in [-0.25, -0.2) is 0 Å². The second kappa shape index (κ2) is 7.14. The molecule has 0 bridgehead atoms. The highest BCUT2D eigenvalue weighted by molar-refractivity contribution is 6.25. The lowest BCUT2D eigenvalue weighted by molar-refractivity contribution is -0.162. The molecule has 0 heterocycles. The zero-order valence-corrected chi connectivity index (χ0v) is 12.7. The summed E-state index contributed by atoms with van der Waals surface area (Å²) < 4.78 is 5.66. The van der Waals surface area contributed by atoms with Gasteiger partial charge in [-0.05, 0) is 36.8 Å². The van der Waals surface area contributed by atoms with E-state index in [4.69, 9.17) is 10.3 Å². The fourth-order valence-corrected chi connectivity index (χ4v) is 3.09. The van der Waals surface area contributed by atoms with Gasteiger partial charge in [-0.1, -0.05) is 30.7 Å². The minimum absolute atomic E-state index is 0.185. The van der Waals surface area contributed by atoms with Gasteiger partial charge in [0.2, 0.25) is 5.78 Å². The number of hydrogen-bond acceptors (Lipinski definition) is 3. The van der Waals surface area contributed by atoms with Crippen molar-refractivity contribution in [3.05, 3.63) is 40.9 Å². The molecule has 1 aliphatic rings. The number of carbonyl (C=O) groups is 2. The molecule has 0 aromatic heterocycles. The molecule has 0 N–H and O–H groups in total. The molecule has 0 spiro atoms. The van der Waals surface area contributed by atoms with Crippen molar-refractivity contribution in [1.29, 1.82) is 0 Å². The molecular formula is C17H20N2O3. The molecule has 0 atom stereocenters. The fourth-order valence-electron chi connectivity index (χ4n) is 3.09. The van der Waals surface area contributed by atoms with Crippen molar-refractivity contribution in [1.82, 2.24) is 0 Å². The van der Waals surface area contributed by atoms with Gasteiger partial charge < -0.3 is 10.3 Å². The minimum atomic E-state index is -0.529. The Morgan fingerprint density at radius 1 is 1.23 bits per heavy atom. The summed E-state index contributed by atoms with van der Waals surface area (Å²) in [6, 6.07) is 7.57. The zero-order chi connectivity index (χ0) is 16.0. The normalized spacial score (nSPS) is 16.4. The molecule has 116 valence electrons. The smallest absolute Gasteiger partial charge is 0.323 e. The summed E-state index contributed by atoms with van der Waals surface area (Å²) >= 11 is 0. The lowest BCUT2D eigenvalue weighted by Gasteiger charge is -2.37. The van der Waals surface area contributed by atoms with Gasteiger partial charge >= 0.3 is 12.2 Å². The second-order valence-corrected chi connectivity index (χ2v) is 5.73. The summed E-state index contributed by atoms with van der Waals surface area (Å²) in [5.41, 5.74) is 9.63. The first-order valence-electron chi connectivity index (χ1n) is 7.55. The maximum absolute atomic E-state index is 11.5. The molecule has 5 heteroatoms. The molecule has 0 saturated heterocycles. The molecule has 22 heavy (non-hydrogen) atoms. The van der Waals surface area contributed by atoms with Crippen molar-refractivity contribution in [3.8, 4) is 0 Å². The third kappa shape index (κ3) is 3.89. The van der Waals surface area contributed by atoms with E-state index in [1.54, 1.807) is 0 Å². The Morgan fingerprint density at radius 2 is 1.86 bits per heavy atom. The van der Waals surface area contributed by atoms with Gasteiger partial charge in [-0.3, -0.25) is 9.59 Å². The van der Waals surface area contributed by atoms with E-state index in [1.165, 1.54) is 6.92 Å². The SMILES string of the molecule is CC(=O)OC1(c2ccc(CC(=O)C=[N+]=[N-])cc2)CCCCC1. The average molecular weight is 300 g/mol. The summed E-state index contributed by atoms with van der Waals surface area (Å²) in [4.78, 5) is 25.6. The fraction of sp³-hybridized carbons (Fsp3) is 0.471. The quantitative estimate of drug-likeness (QED) is 0.363. The van der Waals surface area contributed by atoms with E-state index in [2.05, 4.69) is 4.79 Å². The Labute approximate surface area is 129 Å². The number of nitrogens with zero attached hydrogens (tertiary/aromatic N) is 2. The van der Waals surface area contributed by atoms with E-state index in [0.717, 1.165) is 49.4 Å². The number of carbonyl (C=O) groups excluding carboxylic acids is 2. The van der Waals surface area contributed by atoms with Crippen molar-refractivity contribution in [2.75, 3.05) is 0 Å². The van der Waals surface area contributed by atoms with Gasteiger partial charge in [-0.2, -0.15) is 4.79 Å². The van der Waals surface area contributed by atoms with Crippen molar-refractivity contribution in [3.63, 3.8) is 0 Å². The van der Waals surface area contributed by atoms with E-state index in [-0.39, 0.29) is 18.2 Å². The van der Waals surface area contributed by atoms with E-state index in [1.807, 2.05) is 24.3 Å². The first kappa shape index (κ1) is 16.1. The Kier molecular flexibility index (Phi) is 5.23. The Bertz CT molecular complexity index is 595. The molecular weight excluding hydrogens is 280 g/mol. The van der Waals surface area contributed by atoms with Crippen LogP contribution in [0.3, 0.4) is 0 Å². The highest BCUT2D eigenvalue weighted by atomic mass is 16.6. The van der Waals surface area contributed by atoms with Crippen molar-refractivity contribution in [2.24, 2.45) is 0 Å². The van der Waals surface area contributed by atoms with Crippen LogP contribution < -0.4 is 0 Å². The van der Waals surface area contributed by atoms with E-state index < -0.39 is 5.60 Å². The molecule has 0 amide bonds. The number of Topliss-reactive ketones (excluding diaryl/α,β-unsaturated/α-hetero) is 1. The summed E-state index contributed by atoms with van der Waals surface area (Å²) in [5, 5.41) is 0. The predicted molar refractivity (Wildman–Crippen MR) is 81.4 cm³/mol. The van der Waals surface area contributed by atoms with Gasteiger partial charge in [0.1, 0.15) is 5.60 Å². The Balaban J connectivity index is 2.20. The molecule has 0 radical (unpaired) electrons. The molecule has 1 aromatic rings. The van der Waals surface area contributed by atoms with Crippen LogP contribution in [0.1, 0.15) is 50.2 Å². The number of esters is 1. The van der Waals surface area contributed by atoms with Crippen LogP contribution in [0, 0.1) is 0 Å².